The van der Waals surface area contributed by atoms with Gasteiger partial charge in [0.2, 0.25) is 0 Å². The van der Waals surface area contributed by atoms with Crippen molar-refractivity contribution in [1.29, 1.82) is 0 Å². The summed E-state index contributed by atoms with van der Waals surface area (Å²) in [6.07, 6.45) is 1.82. The topological polar surface area (TPSA) is 52.6 Å². The van der Waals surface area contributed by atoms with E-state index in [4.69, 9.17) is 9.47 Å². The van der Waals surface area contributed by atoms with Gasteiger partial charge in [0.15, 0.2) is 0 Å². The van der Waals surface area contributed by atoms with E-state index < -0.39 is 11.6 Å². The summed E-state index contributed by atoms with van der Waals surface area (Å²) in [4.78, 5) is 24.0. The second kappa shape index (κ2) is 6.99. The summed E-state index contributed by atoms with van der Waals surface area (Å²) in [5.41, 5.74) is -0.450. The van der Waals surface area contributed by atoms with Crippen LogP contribution in [0.5, 0.6) is 5.75 Å². The molecule has 4 heteroatoms. The van der Waals surface area contributed by atoms with Gasteiger partial charge in [-0.1, -0.05) is 24.8 Å². The van der Waals surface area contributed by atoms with Crippen molar-refractivity contribution in [2.45, 2.75) is 51.7 Å². The van der Waals surface area contributed by atoms with Gasteiger partial charge in [-0.05, 0) is 52.2 Å². The van der Waals surface area contributed by atoms with Crippen molar-refractivity contribution in [1.82, 2.24) is 0 Å². The Hall–Kier alpha value is -2.10. The average Bonchev–Trinajstić information content (AvgIpc) is 2.50. The molecule has 0 aliphatic heterocycles. The first-order valence-corrected chi connectivity index (χ1v) is 7.93. The molecule has 1 saturated carbocycles. The molecule has 0 spiro atoms. The minimum Gasteiger partial charge on any atom is -0.490 e. The Morgan fingerprint density at radius 3 is 2.43 bits per heavy atom. The Bertz CT molecular complexity index is 593. The molecule has 0 radical (unpaired) electrons. The molecule has 0 heterocycles. The van der Waals surface area contributed by atoms with Crippen LogP contribution in [0.3, 0.4) is 0 Å². The van der Waals surface area contributed by atoms with E-state index >= 15 is 0 Å². The van der Waals surface area contributed by atoms with Crippen molar-refractivity contribution in [2.24, 2.45) is 5.92 Å². The van der Waals surface area contributed by atoms with Crippen molar-refractivity contribution in [2.75, 3.05) is 0 Å². The fourth-order valence-corrected chi connectivity index (χ4v) is 3.07. The maximum Gasteiger partial charge on any atom is 0.333 e. The second-order valence-electron chi connectivity index (χ2n) is 6.47. The van der Waals surface area contributed by atoms with Gasteiger partial charge in [-0.25, -0.2) is 4.79 Å². The molecule has 1 aliphatic rings. The van der Waals surface area contributed by atoms with Crippen LogP contribution in [0, 0.1) is 5.92 Å². The predicted octanol–water partition coefficient (Wildman–Crippen LogP) is 3.70. The van der Waals surface area contributed by atoms with E-state index in [1.165, 1.54) is 0 Å². The molecular formula is C19H24O4. The van der Waals surface area contributed by atoms with Crippen LogP contribution < -0.4 is 4.74 Å². The average molecular weight is 316 g/mol. The number of carbonyl (C=O) groups is 2. The third-order valence-corrected chi connectivity index (χ3v) is 4.41. The van der Waals surface area contributed by atoms with Gasteiger partial charge in [-0.15, -0.1) is 0 Å². The first-order valence-electron chi connectivity index (χ1n) is 7.93. The lowest BCUT2D eigenvalue weighted by Gasteiger charge is -2.42. The number of Topliss-reactive ketones (excluding diaryl/α,β-unsaturated/α-hetero) is 1. The van der Waals surface area contributed by atoms with Crippen molar-refractivity contribution < 1.29 is 19.1 Å². The lowest BCUT2D eigenvalue weighted by atomic mass is 9.73. The van der Waals surface area contributed by atoms with Gasteiger partial charge in [0.05, 0.1) is 12.0 Å². The van der Waals surface area contributed by atoms with Crippen LogP contribution >= 0.6 is 0 Å². The molecular weight excluding hydrogens is 292 g/mol. The first-order chi connectivity index (χ1) is 10.8. The lowest BCUT2D eigenvalue weighted by Crippen LogP contribution is -2.49. The SMILES string of the molecule is C=C(C)C(=O)OC1(C)CCC(Oc2ccccc2)CC1C(C)=O. The van der Waals surface area contributed by atoms with Crippen molar-refractivity contribution in [3.63, 3.8) is 0 Å². The molecule has 0 N–H and O–H groups in total. The van der Waals surface area contributed by atoms with E-state index in [2.05, 4.69) is 6.58 Å². The first kappa shape index (κ1) is 17.3. The van der Waals surface area contributed by atoms with Crippen LogP contribution in [0.1, 0.15) is 40.0 Å². The van der Waals surface area contributed by atoms with Gasteiger partial charge >= 0.3 is 5.97 Å². The summed E-state index contributed by atoms with van der Waals surface area (Å²) in [6.45, 7) is 8.59. The van der Waals surface area contributed by atoms with Crippen LogP contribution in [0.25, 0.3) is 0 Å². The Kier molecular flexibility index (Phi) is 5.24. The number of hydrogen-bond donors (Lipinski definition) is 0. The normalized spacial score (nSPS) is 27.1. The number of esters is 1. The number of ketones is 1. The number of rotatable bonds is 5. The zero-order valence-corrected chi connectivity index (χ0v) is 14.0. The monoisotopic (exact) mass is 316 g/mol. The highest BCUT2D eigenvalue weighted by molar-refractivity contribution is 5.88. The number of para-hydroxylation sites is 1. The van der Waals surface area contributed by atoms with Gasteiger partial charge in [0.1, 0.15) is 17.1 Å². The lowest BCUT2D eigenvalue weighted by molar-refractivity contribution is -0.168. The standard InChI is InChI=1S/C19H24O4/c1-13(2)18(21)23-19(4)11-10-16(12-17(19)14(3)20)22-15-8-6-5-7-9-15/h5-9,16-17H,1,10-12H2,2-4H3. The Morgan fingerprint density at radius 2 is 1.87 bits per heavy atom. The maximum atomic E-state index is 12.1. The molecule has 1 aromatic rings. The molecule has 1 fully saturated rings. The summed E-state index contributed by atoms with van der Waals surface area (Å²) in [5.74, 6) is 0.000141. The zero-order valence-electron chi connectivity index (χ0n) is 14.0. The number of hydrogen-bond acceptors (Lipinski definition) is 4. The highest BCUT2D eigenvalue weighted by Gasteiger charge is 2.46. The quantitative estimate of drug-likeness (QED) is 0.614. The van der Waals surface area contributed by atoms with E-state index in [0.29, 0.717) is 18.4 Å². The third-order valence-electron chi connectivity index (χ3n) is 4.41. The molecule has 2 rings (SSSR count). The van der Waals surface area contributed by atoms with E-state index in [1.807, 2.05) is 37.3 Å². The summed E-state index contributed by atoms with van der Waals surface area (Å²) in [6, 6.07) is 9.56. The minimum atomic E-state index is -0.793. The molecule has 23 heavy (non-hydrogen) atoms. The van der Waals surface area contributed by atoms with Crippen molar-refractivity contribution >= 4 is 11.8 Å². The molecule has 1 aromatic carbocycles. The molecule has 0 amide bonds. The Labute approximate surface area is 137 Å². The van der Waals surface area contributed by atoms with Gasteiger partial charge in [0.25, 0.3) is 0 Å². The molecule has 3 unspecified atom stereocenters. The third kappa shape index (κ3) is 4.21. The molecule has 3 atom stereocenters. The molecule has 0 saturated heterocycles. The van der Waals surface area contributed by atoms with Crippen LogP contribution in [0.15, 0.2) is 42.5 Å². The van der Waals surface area contributed by atoms with E-state index in [1.54, 1.807) is 13.8 Å². The second-order valence-corrected chi connectivity index (χ2v) is 6.47. The number of ether oxygens (including phenoxy) is 2. The van der Waals surface area contributed by atoms with Gasteiger partial charge in [0, 0.05) is 5.57 Å². The van der Waals surface area contributed by atoms with Gasteiger partial charge < -0.3 is 9.47 Å². The summed E-state index contributed by atoms with van der Waals surface area (Å²) in [7, 11) is 0. The maximum absolute atomic E-state index is 12.1. The number of carbonyl (C=O) groups excluding carboxylic acids is 2. The van der Waals surface area contributed by atoms with Crippen molar-refractivity contribution in [3.05, 3.63) is 42.5 Å². The molecule has 1 aliphatic carbocycles. The van der Waals surface area contributed by atoms with E-state index in [9.17, 15) is 9.59 Å². The fraction of sp³-hybridized carbons (Fsp3) is 0.474. The van der Waals surface area contributed by atoms with Gasteiger partial charge in [-0.3, -0.25) is 4.79 Å². The summed E-state index contributed by atoms with van der Waals surface area (Å²) in [5, 5.41) is 0. The van der Waals surface area contributed by atoms with Gasteiger partial charge in [-0.2, -0.15) is 0 Å². The largest absolute Gasteiger partial charge is 0.490 e. The van der Waals surface area contributed by atoms with Crippen LogP contribution in [-0.2, 0) is 14.3 Å². The fourth-order valence-electron chi connectivity index (χ4n) is 3.07. The Balaban J connectivity index is 2.09. The van der Waals surface area contributed by atoms with Crippen LogP contribution in [-0.4, -0.2) is 23.5 Å². The molecule has 4 nitrogen and oxygen atoms in total. The van der Waals surface area contributed by atoms with Crippen molar-refractivity contribution in [3.8, 4) is 5.75 Å². The molecule has 124 valence electrons. The van der Waals surface area contributed by atoms with Crippen LogP contribution in [0.2, 0.25) is 0 Å². The smallest absolute Gasteiger partial charge is 0.333 e. The predicted molar refractivity (Wildman–Crippen MR) is 88.2 cm³/mol. The van der Waals surface area contributed by atoms with E-state index in [0.717, 1.165) is 12.2 Å². The highest BCUT2D eigenvalue weighted by atomic mass is 16.6. The van der Waals surface area contributed by atoms with Crippen LogP contribution in [0.4, 0.5) is 0 Å². The molecule has 0 bridgehead atoms. The Morgan fingerprint density at radius 1 is 1.22 bits per heavy atom. The summed E-state index contributed by atoms with van der Waals surface area (Å²) >= 11 is 0. The number of benzene rings is 1. The highest BCUT2D eigenvalue weighted by Crippen LogP contribution is 2.39. The molecule has 0 aromatic heterocycles. The zero-order chi connectivity index (χ0) is 17.0. The van der Waals surface area contributed by atoms with E-state index in [-0.39, 0.29) is 17.8 Å². The summed E-state index contributed by atoms with van der Waals surface area (Å²) < 4.78 is 11.6. The minimum absolute atomic E-state index is 0.0170.